The zero-order chi connectivity index (χ0) is 18.7. The molecule has 0 unspecified atom stereocenters. The van der Waals surface area contributed by atoms with Crippen LogP contribution in [0.5, 0.6) is 5.75 Å². The molecule has 6 heteroatoms. The summed E-state index contributed by atoms with van der Waals surface area (Å²) in [6, 6.07) is 8.24. The summed E-state index contributed by atoms with van der Waals surface area (Å²) in [5, 5.41) is 17.1. The molecule has 0 radical (unpaired) electrons. The summed E-state index contributed by atoms with van der Waals surface area (Å²) in [6.45, 7) is 5.35. The maximum absolute atomic E-state index is 10.5. The first-order valence-electron chi connectivity index (χ1n) is 9.60. The molecule has 3 N–H and O–H groups in total. The van der Waals surface area contributed by atoms with Gasteiger partial charge in [-0.3, -0.25) is 4.99 Å². The van der Waals surface area contributed by atoms with E-state index in [-0.39, 0.29) is 0 Å². The second-order valence-electron chi connectivity index (χ2n) is 6.76. The molecule has 1 aromatic carbocycles. The van der Waals surface area contributed by atoms with Crippen molar-refractivity contribution in [3.05, 3.63) is 29.8 Å². The minimum absolute atomic E-state index is 0.414. The van der Waals surface area contributed by atoms with Crippen molar-refractivity contribution in [1.29, 1.82) is 0 Å². The van der Waals surface area contributed by atoms with Gasteiger partial charge >= 0.3 is 0 Å². The number of hydrogen-bond acceptors (Lipinski definition) is 4. The normalized spacial score (nSPS) is 17.0. The van der Waals surface area contributed by atoms with Crippen LogP contribution in [0.4, 0.5) is 0 Å². The number of aliphatic hydroxyl groups is 1. The van der Waals surface area contributed by atoms with Crippen molar-refractivity contribution in [3.63, 3.8) is 0 Å². The van der Waals surface area contributed by atoms with Crippen LogP contribution in [-0.2, 0) is 11.2 Å². The van der Waals surface area contributed by atoms with Gasteiger partial charge in [-0.2, -0.15) is 0 Å². The van der Waals surface area contributed by atoms with Crippen LogP contribution in [-0.4, -0.2) is 56.6 Å². The SMILES string of the molecule is CCNC(=NCC1(O)CCOCC1)NCCCCc1ccc(OC)cc1. The summed E-state index contributed by atoms with van der Waals surface area (Å²) < 4.78 is 10.5. The van der Waals surface area contributed by atoms with E-state index >= 15 is 0 Å². The van der Waals surface area contributed by atoms with Crippen LogP contribution in [0, 0.1) is 0 Å². The maximum atomic E-state index is 10.5. The molecule has 0 saturated carbocycles. The zero-order valence-electron chi connectivity index (χ0n) is 16.1. The van der Waals surface area contributed by atoms with Gasteiger partial charge in [0.1, 0.15) is 5.75 Å². The molecule has 0 aliphatic carbocycles. The van der Waals surface area contributed by atoms with Crippen LogP contribution < -0.4 is 15.4 Å². The molecule has 6 nitrogen and oxygen atoms in total. The third-order valence-corrected chi connectivity index (χ3v) is 4.64. The number of hydrogen-bond donors (Lipinski definition) is 3. The number of aryl methyl sites for hydroxylation is 1. The highest BCUT2D eigenvalue weighted by Gasteiger charge is 2.29. The van der Waals surface area contributed by atoms with E-state index < -0.39 is 5.60 Å². The van der Waals surface area contributed by atoms with E-state index in [1.807, 2.05) is 19.1 Å². The van der Waals surface area contributed by atoms with Gasteiger partial charge in [-0.15, -0.1) is 0 Å². The lowest BCUT2D eigenvalue weighted by Crippen LogP contribution is -2.42. The van der Waals surface area contributed by atoms with Gasteiger partial charge in [0.05, 0.1) is 19.3 Å². The van der Waals surface area contributed by atoms with Crippen molar-refractivity contribution >= 4 is 5.96 Å². The molecule has 1 saturated heterocycles. The molecule has 1 fully saturated rings. The molecule has 0 bridgehead atoms. The summed E-state index contributed by atoms with van der Waals surface area (Å²) in [7, 11) is 1.69. The fraction of sp³-hybridized carbons (Fsp3) is 0.650. The summed E-state index contributed by atoms with van der Waals surface area (Å²) in [4.78, 5) is 4.56. The van der Waals surface area contributed by atoms with Crippen molar-refractivity contribution in [1.82, 2.24) is 10.6 Å². The van der Waals surface area contributed by atoms with Crippen LogP contribution in [0.25, 0.3) is 0 Å². The lowest BCUT2D eigenvalue weighted by molar-refractivity contribution is -0.0565. The van der Waals surface area contributed by atoms with E-state index in [2.05, 4.69) is 27.8 Å². The third-order valence-electron chi connectivity index (χ3n) is 4.64. The molecule has 0 aromatic heterocycles. The first-order chi connectivity index (χ1) is 12.6. The van der Waals surface area contributed by atoms with Crippen LogP contribution in [0.1, 0.15) is 38.2 Å². The maximum Gasteiger partial charge on any atom is 0.191 e. The molecule has 1 aliphatic rings. The third kappa shape index (κ3) is 7.22. The van der Waals surface area contributed by atoms with Gasteiger partial charge in [0.15, 0.2) is 5.96 Å². The first kappa shape index (κ1) is 20.5. The molecular weight excluding hydrogens is 330 g/mol. The van der Waals surface area contributed by atoms with E-state index in [1.54, 1.807) is 7.11 Å². The van der Waals surface area contributed by atoms with Crippen LogP contribution in [0.15, 0.2) is 29.3 Å². The Labute approximate surface area is 157 Å². The monoisotopic (exact) mass is 363 g/mol. The Morgan fingerprint density at radius 1 is 1.19 bits per heavy atom. The van der Waals surface area contributed by atoms with E-state index in [4.69, 9.17) is 9.47 Å². The Kier molecular flexibility index (Phi) is 8.71. The Morgan fingerprint density at radius 2 is 1.92 bits per heavy atom. The summed E-state index contributed by atoms with van der Waals surface area (Å²) in [5.41, 5.74) is 0.600. The highest BCUT2D eigenvalue weighted by Crippen LogP contribution is 2.20. The molecular formula is C20H33N3O3. The van der Waals surface area contributed by atoms with Crippen LogP contribution >= 0.6 is 0 Å². The van der Waals surface area contributed by atoms with Crippen molar-refractivity contribution in [2.45, 2.75) is 44.6 Å². The highest BCUT2D eigenvalue weighted by molar-refractivity contribution is 5.79. The Balaban J connectivity index is 1.69. The number of unbranched alkanes of at least 4 members (excludes halogenated alkanes) is 1. The van der Waals surface area contributed by atoms with E-state index in [9.17, 15) is 5.11 Å². The fourth-order valence-electron chi connectivity index (χ4n) is 2.93. The average molecular weight is 364 g/mol. The quantitative estimate of drug-likeness (QED) is 0.356. The number of nitrogens with zero attached hydrogens (tertiary/aromatic N) is 1. The largest absolute Gasteiger partial charge is 0.497 e. The molecule has 0 spiro atoms. The summed E-state index contributed by atoms with van der Waals surface area (Å²) in [6.07, 6.45) is 4.53. The van der Waals surface area contributed by atoms with Crippen molar-refractivity contribution in [2.75, 3.05) is 40.0 Å². The number of methoxy groups -OCH3 is 1. The van der Waals surface area contributed by atoms with Crippen molar-refractivity contribution in [3.8, 4) is 5.75 Å². The number of benzene rings is 1. The zero-order valence-corrected chi connectivity index (χ0v) is 16.1. The van der Waals surface area contributed by atoms with Gasteiger partial charge in [-0.25, -0.2) is 0 Å². The molecule has 2 rings (SSSR count). The number of aliphatic imine (C=N–C) groups is 1. The first-order valence-corrected chi connectivity index (χ1v) is 9.60. The van der Waals surface area contributed by atoms with Gasteiger partial charge in [-0.05, 0) is 43.9 Å². The molecule has 1 heterocycles. The predicted octanol–water partition coefficient (Wildman–Crippen LogP) is 2.11. The summed E-state index contributed by atoms with van der Waals surface area (Å²) >= 11 is 0. The highest BCUT2D eigenvalue weighted by atomic mass is 16.5. The number of rotatable bonds is 9. The number of guanidine groups is 1. The van der Waals surface area contributed by atoms with Crippen LogP contribution in [0.3, 0.4) is 0 Å². The summed E-state index contributed by atoms with van der Waals surface area (Å²) in [5.74, 6) is 1.67. The molecule has 1 aromatic rings. The fourth-order valence-corrected chi connectivity index (χ4v) is 2.93. The number of ether oxygens (including phenoxy) is 2. The smallest absolute Gasteiger partial charge is 0.191 e. The second-order valence-corrected chi connectivity index (χ2v) is 6.76. The lowest BCUT2D eigenvalue weighted by Gasteiger charge is -2.30. The Hall–Kier alpha value is -1.79. The number of nitrogens with one attached hydrogen (secondary N) is 2. The minimum atomic E-state index is -0.727. The predicted molar refractivity (Wildman–Crippen MR) is 105 cm³/mol. The standard InChI is InChI=1S/C20H33N3O3/c1-3-21-19(23-16-20(24)11-14-26-15-12-20)22-13-5-4-6-17-7-9-18(25-2)10-8-17/h7-10,24H,3-6,11-16H2,1-2H3,(H2,21,22,23). The van der Waals surface area contributed by atoms with Gasteiger partial charge < -0.3 is 25.2 Å². The lowest BCUT2D eigenvalue weighted by atomic mass is 9.95. The van der Waals surface area contributed by atoms with Crippen molar-refractivity contribution in [2.24, 2.45) is 4.99 Å². The molecule has 0 amide bonds. The van der Waals surface area contributed by atoms with Gasteiger partial charge in [0.25, 0.3) is 0 Å². The van der Waals surface area contributed by atoms with Gasteiger partial charge in [0.2, 0.25) is 0 Å². The second kappa shape index (κ2) is 11.0. The van der Waals surface area contributed by atoms with E-state index in [1.165, 1.54) is 5.56 Å². The molecule has 0 atom stereocenters. The van der Waals surface area contributed by atoms with E-state index in [0.717, 1.165) is 44.1 Å². The molecule has 146 valence electrons. The minimum Gasteiger partial charge on any atom is -0.497 e. The van der Waals surface area contributed by atoms with E-state index in [0.29, 0.717) is 32.6 Å². The molecule has 26 heavy (non-hydrogen) atoms. The van der Waals surface area contributed by atoms with Crippen LogP contribution in [0.2, 0.25) is 0 Å². The Morgan fingerprint density at radius 3 is 2.58 bits per heavy atom. The molecule has 1 aliphatic heterocycles. The van der Waals surface area contributed by atoms with Gasteiger partial charge in [-0.1, -0.05) is 12.1 Å². The van der Waals surface area contributed by atoms with Gasteiger partial charge in [0, 0.05) is 39.1 Å². The van der Waals surface area contributed by atoms with Crippen molar-refractivity contribution < 1.29 is 14.6 Å². The topological polar surface area (TPSA) is 75.1 Å². The average Bonchev–Trinajstić information content (AvgIpc) is 2.67. The Bertz CT molecular complexity index is 540.